The predicted octanol–water partition coefficient (Wildman–Crippen LogP) is 6.32. The van der Waals surface area contributed by atoms with E-state index in [9.17, 15) is 14.5 Å². The number of nitrogens with zero attached hydrogens (tertiary/aromatic N) is 3. The van der Waals surface area contributed by atoms with Gasteiger partial charge in [0.05, 0.1) is 10.6 Å². The molecule has 0 saturated heterocycles. The number of rotatable bonds is 8. The van der Waals surface area contributed by atoms with Gasteiger partial charge in [0.2, 0.25) is 5.82 Å². The zero-order valence-electron chi connectivity index (χ0n) is 17.5. The third-order valence-electron chi connectivity index (χ3n) is 4.91. The average molecular weight is 417 g/mol. The van der Waals surface area contributed by atoms with Gasteiger partial charge in [-0.25, -0.2) is 0 Å². The molecule has 0 unspecified atom stereocenters. The van der Waals surface area contributed by atoms with Crippen LogP contribution >= 0.6 is 0 Å². The largest absolute Gasteiger partial charge is 0.372 e. The molecule has 0 N–H and O–H groups in total. The van der Waals surface area contributed by atoms with Crippen LogP contribution < -0.4 is 4.90 Å². The highest BCUT2D eigenvalue weighted by Crippen LogP contribution is 2.20. The number of hydrogen-bond acceptors (Lipinski definition) is 4. The smallest absolute Gasteiger partial charge is 0.304 e. The van der Waals surface area contributed by atoms with E-state index in [1.807, 2.05) is 24.3 Å². The van der Waals surface area contributed by atoms with Crippen molar-refractivity contribution in [2.45, 2.75) is 13.8 Å². The minimum Gasteiger partial charge on any atom is -0.372 e. The first-order chi connectivity index (χ1) is 15.0. The molecule has 0 bridgehead atoms. The van der Waals surface area contributed by atoms with E-state index in [0.717, 1.165) is 36.3 Å². The molecular weight excluding hydrogens is 393 g/mol. The van der Waals surface area contributed by atoms with Gasteiger partial charge < -0.3 is 4.90 Å². The number of aromatic nitrogens is 1. The first-order valence-corrected chi connectivity index (χ1v) is 10.1. The average Bonchev–Trinajstić information content (AvgIpc) is 2.78. The Morgan fingerprint density at radius 2 is 1.52 bits per heavy atom. The van der Waals surface area contributed by atoms with Crippen molar-refractivity contribution in [3.05, 3.63) is 99.1 Å². The number of nitro benzene ring substituents is 1. The lowest BCUT2D eigenvalue weighted by atomic mass is 10.1. The van der Waals surface area contributed by atoms with Gasteiger partial charge in [-0.2, -0.15) is 4.39 Å². The molecule has 3 rings (SSSR count). The van der Waals surface area contributed by atoms with Crippen LogP contribution in [0.2, 0.25) is 0 Å². The van der Waals surface area contributed by atoms with Crippen molar-refractivity contribution in [1.29, 1.82) is 0 Å². The van der Waals surface area contributed by atoms with Crippen LogP contribution in [0.15, 0.2) is 60.8 Å². The number of anilines is 1. The quantitative estimate of drug-likeness (QED) is 0.318. The molecule has 0 aliphatic heterocycles. The lowest BCUT2D eigenvalue weighted by Crippen LogP contribution is -2.21. The first-order valence-electron chi connectivity index (χ1n) is 10.1. The summed E-state index contributed by atoms with van der Waals surface area (Å²) >= 11 is 0. The Morgan fingerprint density at radius 3 is 2.10 bits per heavy atom. The maximum absolute atomic E-state index is 13.7. The Kier molecular flexibility index (Phi) is 7.27. The lowest BCUT2D eigenvalue weighted by Gasteiger charge is -2.20. The molecule has 2 aromatic carbocycles. The zero-order valence-corrected chi connectivity index (χ0v) is 17.5. The molecule has 6 heteroatoms. The molecule has 0 radical (unpaired) electrons. The molecule has 3 aromatic rings. The van der Waals surface area contributed by atoms with Gasteiger partial charge in [0.1, 0.15) is 0 Å². The number of nitro groups is 1. The van der Waals surface area contributed by atoms with Crippen molar-refractivity contribution < 1.29 is 9.31 Å². The maximum atomic E-state index is 13.7. The molecule has 0 amide bonds. The van der Waals surface area contributed by atoms with Crippen LogP contribution in [0.4, 0.5) is 15.8 Å². The van der Waals surface area contributed by atoms with Crippen molar-refractivity contribution in [3.63, 3.8) is 0 Å². The van der Waals surface area contributed by atoms with E-state index < -0.39 is 16.4 Å². The van der Waals surface area contributed by atoms with Gasteiger partial charge >= 0.3 is 5.69 Å². The van der Waals surface area contributed by atoms with E-state index in [1.165, 1.54) is 11.8 Å². The van der Waals surface area contributed by atoms with Crippen molar-refractivity contribution in [3.8, 4) is 0 Å². The monoisotopic (exact) mass is 417 g/mol. The molecule has 31 heavy (non-hydrogen) atoms. The van der Waals surface area contributed by atoms with Crippen molar-refractivity contribution >= 4 is 35.7 Å². The molecule has 0 spiro atoms. The molecule has 1 heterocycles. The van der Waals surface area contributed by atoms with Crippen LogP contribution in [0.25, 0.3) is 24.3 Å². The van der Waals surface area contributed by atoms with E-state index in [-0.39, 0.29) is 0 Å². The normalized spacial score (nSPS) is 11.3. The fraction of sp³-hybridized carbons (Fsp3) is 0.160. The SMILES string of the molecule is CCN(CC)c1ccc(C=Cc2ccc(C=Cc3ccc([N+](=O)[O-])c(F)c3)nc2)cc1. The molecule has 0 fully saturated rings. The number of benzene rings is 2. The second-order valence-corrected chi connectivity index (χ2v) is 6.91. The Morgan fingerprint density at radius 1 is 0.903 bits per heavy atom. The second kappa shape index (κ2) is 10.3. The summed E-state index contributed by atoms with van der Waals surface area (Å²) in [7, 11) is 0. The van der Waals surface area contributed by atoms with E-state index in [1.54, 1.807) is 18.3 Å². The summed E-state index contributed by atoms with van der Waals surface area (Å²) in [5.74, 6) is -0.856. The third kappa shape index (κ3) is 5.85. The Balaban J connectivity index is 1.64. The first kappa shape index (κ1) is 21.9. The summed E-state index contributed by atoms with van der Waals surface area (Å²) in [5, 5.41) is 10.7. The van der Waals surface area contributed by atoms with Crippen LogP contribution in [-0.4, -0.2) is 23.0 Å². The summed E-state index contributed by atoms with van der Waals surface area (Å²) in [6, 6.07) is 16.0. The summed E-state index contributed by atoms with van der Waals surface area (Å²) in [5.41, 5.74) is 4.00. The topological polar surface area (TPSA) is 59.3 Å². The summed E-state index contributed by atoms with van der Waals surface area (Å²) < 4.78 is 13.7. The molecule has 158 valence electrons. The molecule has 0 aliphatic carbocycles. The Hall–Kier alpha value is -3.80. The highest BCUT2D eigenvalue weighted by atomic mass is 19.1. The Bertz CT molecular complexity index is 1090. The van der Waals surface area contributed by atoms with Crippen molar-refractivity contribution in [1.82, 2.24) is 4.98 Å². The summed E-state index contributed by atoms with van der Waals surface area (Å²) in [6.45, 7) is 6.26. The fourth-order valence-corrected chi connectivity index (χ4v) is 3.15. The third-order valence-corrected chi connectivity index (χ3v) is 4.91. The van der Waals surface area contributed by atoms with Crippen LogP contribution in [0.5, 0.6) is 0 Å². The van der Waals surface area contributed by atoms with E-state index in [0.29, 0.717) is 11.3 Å². The van der Waals surface area contributed by atoms with Crippen LogP contribution in [0, 0.1) is 15.9 Å². The van der Waals surface area contributed by atoms with Gasteiger partial charge in [-0.05, 0) is 66.9 Å². The van der Waals surface area contributed by atoms with Gasteiger partial charge in [0.25, 0.3) is 0 Å². The fourth-order valence-electron chi connectivity index (χ4n) is 3.15. The number of pyridine rings is 1. The molecular formula is C25H24FN3O2. The Labute approximate surface area is 181 Å². The van der Waals surface area contributed by atoms with E-state index in [4.69, 9.17) is 0 Å². The van der Waals surface area contributed by atoms with Gasteiger partial charge in [0.15, 0.2) is 0 Å². The summed E-state index contributed by atoms with van der Waals surface area (Å²) in [4.78, 5) is 16.6. The molecule has 5 nitrogen and oxygen atoms in total. The predicted molar refractivity (Wildman–Crippen MR) is 125 cm³/mol. The molecule has 0 atom stereocenters. The van der Waals surface area contributed by atoms with Gasteiger partial charge in [-0.1, -0.05) is 36.4 Å². The standard InChI is InChI=1S/C25H24FN3O2/c1-3-28(4-2)23-14-9-19(10-15-23)5-6-21-8-13-22(27-18-21)12-7-20-11-16-25(29(30)31)24(26)17-20/h5-18H,3-4H2,1-2H3. The van der Waals surface area contributed by atoms with Crippen LogP contribution in [0.1, 0.15) is 36.2 Å². The highest BCUT2D eigenvalue weighted by Gasteiger charge is 2.12. The molecule has 0 aliphatic rings. The van der Waals surface area contributed by atoms with Crippen LogP contribution in [-0.2, 0) is 0 Å². The highest BCUT2D eigenvalue weighted by molar-refractivity contribution is 5.72. The molecule has 0 saturated carbocycles. The van der Waals surface area contributed by atoms with E-state index in [2.05, 4.69) is 48.0 Å². The lowest BCUT2D eigenvalue weighted by molar-refractivity contribution is -0.387. The van der Waals surface area contributed by atoms with Crippen molar-refractivity contribution in [2.75, 3.05) is 18.0 Å². The number of halogens is 1. The molecule has 1 aromatic heterocycles. The zero-order chi connectivity index (χ0) is 22.2. The number of hydrogen-bond donors (Lipinski definition) is 0. The van der Waals surface area contributed by atoms with Crippen molar-refractivity contribution in [2.24, 2.45) is 0 Å². The van der Waals surface area contributed by atoms with Gasteiger partial charge in [-0.3, -0.25) is 15.1 Å². The van der Waals surface area contributed by atoms with Gasteiger partial charge in [-0.15, -0.1) is 0 Å². The summed E-state index contributed by atoms with van der Waals surface area (Å²) in [6.07, 6.45) is 9.20. The minimum atomic E-state index is -0.856. The maximum Gasteiger partial charge on any atom is 0.304 e. The van der Waals surface area contributed by atoms with Gasteiger partial charge in [0, 0.05) is 31.0 Å². The second-order valence-electron chi connectivity index (χ2n) is 6.91. The minimum absolute atomic E-state index is 0.530. The van der Waals surface area contributed by atoms with Crippen LogP contribution in [0.3, 0.4) is 0 Å². The van der Waals surface area contributed by atoms with E-state index >= 15 is 0 Å².